The lowest BCUT2D eigenvalue weighted by molar-refractivity contribution is -0.000158. The number of aromatic carboxylic acids is 1. The van der Waals surface area contributed by atoms with E-state index in [9.17, 15) is 4.79 Å². The molecule has 1 atom stereocenters. The van der Waals surface area contributed by atoms with Crippen LogP contribution in [0, 0.1) is 0 Å². The Morgan fingerprint density at radius 3 is 2.67 bits per heavy atom. The van der Waals surface area contributed by atoms with Crippen molar-refractivity contribution in [1.82, 2.24) is 0 Å². The molecule has 1 unspecified atom stereocenters. The molecule has 0 aromatic heterocycles. The van der Waals surface area contributed by atoms with Gasteiger partial charge in [-0.25, -0.2) is 4.79 Å². The first-order valence-corrected chi connectivity index (χ1v) is 5.59. The number of methoxy groups -OCH3 is 2. The van der Waals surface area contributed by atoms with Crippen LogP contribution in [0.4, 0.5) is 0 Å². The Kier molecular flexibility index (Phi) is 5.61. The summed E-state index contributed by atoms with van der Waals surface area (Å²) in [5.74, 6) is -0.671. The molecule has 0 heterocycles. The number of carboxylic acid groups (broad SMARTS) is 1. The molecule has 1 rings (SSSR count). The minimum absolute atomic E-state index is 0.0367. The summed E-state index contributed by atoms with van der Waals surface area (Å²) >= 11 is 0. The average Bonchev–Trinajstić information content (AvgIpc) is 2.36. The van der Waals surface area contributed by atoms with Crippen molar-refractivity contribution in [1.29, 1.82) is 0 Å². The van der Waals surface area contributed by atoms with Crippen LogP contribution in [0.15, 0.2) is 18.2 Å². The van der Waals surface area contributed by atoms with Crippen molar-refractivity contribution in [3.63, 3.8) is 0 Å². The van der Waals surface area contributed by atoms with Gasteiger partial charge in [-0.2, -0.15) is 0 Å². The Morgan fingerprint density at radius 1 is 1.39 bits per heavy atom. The van der Waals surface area contributed by atoms with E-state index in [2.05, 4.69) is 0 Å². The second-order valence-electron chi connectivity index (χ2n) is 3.92. The van der Waals surface area contributed by atoms with Crippen LogP contribution in [0.3, 0.4) is 0 Å². The first-order valence-electron chi connectivity index (χ1n) is 5.59. The van der Waals surface area contributed by atoms with Gasteiger partial charge in [0.05, 0.1) is 26.4 Å². The first-order chi connectivity index (χ1) is 8.58. The van der Waals surface area contributed by atoms with E-state index in [4.69, 9.17) is 19.3 Å². The topological polar surface area (TPSA) is 65.0 Å². The number of rotatable bonds is 7. The lowest BCUT2D eigenvalue weighted by Crippen LogP contribution is -2.14. The van der Waals surface area contributed by atoms with Crippen molar-refractivity contribution in [2.75, 3.05) is 20.8 Å². The van der Waals surface area contributed by atoms with Crippen LogP contribution in [-0.2, 0) is 16.1 Å². The SMILES string of the molecule is COCC(C)OCc1ccc(OC)c(C(=O)O)c1. The molecule has 0 saturated carbocycles. The fourth-order valence-electron chi connectivity index (χ4n) is 1.53. The van der Waals surface area contributed by atoms with Crippen molar-refractivity contribution in [2.24, 2.45) is 0 Å². The zero-order valence-corrected chi connectivity index (χ0v) is 10.8. The fourth-order valence-corrected chi connectivity index (χ4v) is 1.53. The molecule has 5 nitrogen and oxygen atoms in total. The van der Waals surface area contributed by atoms with E-state index in [-0.39, 0.29) is 11.7 Å². The summed E-state index contributed by atoms with van der Waals surface area (Å²) in [5.41, 5.74) is 0.925. The van der Waals surface area contributed by atoms with Crippen LogP contribution in [-0.4, -0.2) is 38.0 Å². The number of ether oxygens (including phenoxy) is 3. The molecular weight excluding hydrogens is 236 g/mol. The minimum atomic E-state index is -1.02. The smallest absolute Gasteiger partial charge is 0.339 e. The van der Waals surface area contributed by atoms with E-state index >= 15 is 0 Å². The minimum Gasteiger partial charge on any atom is -0.496 e. The van der Waals surface area contributed by atoms with Crippen LogP contribution < -0.4 is 4.74 Å². The molecule has 100 valence electrons. The molecule has 0 fully saturated rings. The summed E-state index contributed by atoms with van der Waals surface area (Å²) in [6, 6.07) is 4.97. The third kappa shape index (κ3) is 4.01. The van der Waals surface area contributed by atoms with Gasteiger partial charge in [-0.15, -0.1) is 0 Å². The maximum Gasteiger partial charge on any atom is 0.339 e. The summed E-state index contributed by atoms with van der Waals surface area (Å²) in [7, 11) is 3.05. The van der Waals surface area contributed by atoms with Crippen LogP contribution in [0.25, 0.3) is 0 Å². The largest absolute Gasteiger partial charge is 0.496 e. The van der Waals surface area contributed by atoms with Gasteiger partial charge < -0.3 is 19.3 Å². The van der Waals surface area contributed by atoms with Gasteiger partial charge in [-0.05, 0) is 24.6 Å². The molecule has 0 radical (unpaired) electrons. The summed E-state index contributed by atoms with van der Waals surface area (Å²) < 4.78 is 15.5. The predicted octanol–water partition coefficient (Wildman–Crippen LogP) is 1.94. The monoisotopic (exact) mass is 254 g/mol. The van der Waals surface area contributed by atoms with Crippen molar-refractivity contribution < 1.29 is 24.1 Å². The van der Waals surface area contributed by atoms with E-state index in [1.54, 1.807) is 25.3 Å². The molecule has 1 aromatic carbocycles. The molecule has 1 aromatic rings. The molecule has 0 aliphatic rings. The maximum atomic E-state index is 11.0. The highest BCUT2D eigenvalue weighted by Crippen LogP contribution is 2.20. The summed E-state index contributed by atoms with van der Waals surface area (Å²) in [6.07, 6.45) is -0.0367. The maximum absolute atomic E-state index is 11.0. The highest BCUT2D eigenvalue weighted by atomic mass is 16.5. The normalized spacial score (nSPS) is 12.2. The Balaban J connectivity index is 2.73. The van der Waals surface area contributed by atoms with E-state index in [1.807, 2.05) is 6.92 Å². The van der Waals surface area contributed by atoms with E-state index < -0.39 is 5.97 Å². The number of benzene rings is 1. The molecule has 0 bridgehead atoms. The van der Waals surface area contributed by atoms with Crippen LogP contribution in [0.5, 0.6) is 5.75 Å². The summed E-state index contributed by atoms with van der Waals surface area (Å²) in [4.78, 5) is 11.0. The quantitative estimate of drug-likeness (QED) is 0.805. The fraction of sp³-hybridized carbons (Fsp3) is 0.462. The first kappa shape index (κ1) is 14.5. The Hall–Kier alpha value is -1.59. The van der Waals surface area contributed by atoms with Crippen LogP contribution in [0.2, 0.25) is 0 Å². The van der Waals surface area contributed by atoms with Gasteiger partial charge in [-0.3, -0.25) is 0 Å². The van der Waals surface area contributed by atoms with E-state index in [0.29, 0.717) is 19.0 Å². The predicted molar refractivity (Wildman–Crippen MR) is 66.1 cm³/mol. The van der Waals surface area contributed by atoms with Crippen LogP contribution >= 0.6 is 0 Å². The lowest BCUT2D eigenvalue weighted by Gasteiger charge is -2.13. The van der Waals surface area contributed by atoms with Crippen molar-refractivity contribution in [3.8, 4) is 5.75 Å². The van der Waals surface area contributed by atoms with Gasteiger partial charge in [-0.1, -0.05) is 6.07 Å². The van der Waals surface area contributed by atoms with Gasteiger partial charge in [0, 0.05) is 7.11 Å². The molecule has 18 heavy (non-hydrogen) atoms. The molecule has 0 spiro atoms. The van der Waals surface area contributed by atoms with Gasteiger partial charge in [0.25, 0.3) is 0 Å². The summed E-state index contributed by atoms with van der Waals surface area (Å²) in [6.45, 7) is 2.74. The number of hydrogen-bond donors (Lipinski definition) is 1. The van der Waals surface area contributed by atoms with E-state index in [0.717, 1.165) is 5.56 Å². The highest BCUT2D eigenvalue weighted by Gasteiger charge is 2.12. The van der Waals surface area contributed by atoms with Crippen LogP contribution in [0.1, 0.15) is 22.8 Å². The molecule has 0 amide bonds. The zero-order chi connectivity index (χ0) is 13.5. The molecule has 1 N–H and O–H groups in total. The summed E-state index contributed by atoms with van der Waals surface area (Å²) in [5, 5.41) is 9.04. The molecule has 0 saturated heterocycles. The molecule has 0 aliphatic carbocycles. The zero-order valence-electron chi connectivity index (χ0n) is 10.8. The Morgan fingerprint density at radius 2 is 2.11 bits per heavy atom. The van der Waals surface area contributed by atoms with Crippen molar-refractivity contribution >= 4 is 5.97 Å². The second-order valence-corrected chi connectivity index (χ2v) is 3.92. The second kappa shape index (κ2) is 6.98. The number of carbonyl (C=O) groups is 1. The third-order valence-corrected chi connectivity index (χ3v) is 2.43. The van der Waals surface area contributed by atoms with E-state index in [1.165, 1.54) is 7.11 Å². The standard InChI is InChI=1S/C13H18O5/c1-9(7-16-2)18-8-10-4-5-12(17-3)11(6-10)13(14)15/h4-6,9H,7-8H2,1-3H3,(H,14,15). The molecule has 0 aliphatic heterocycles. The highest BCUT2D eigenvalue weighted by molar-refractivity contribution is 5.91. The third-order valence-electron chi connectivity index (χ3n) is 2.43. The molecule has 5 heteroatoms. The van der Waals surface area contributed by atoms with Gasteiger partial charge in [0.2, 0.25) is 0 Å². The van der Waals surface area contributed by atoms with Crippen molar-refractivity contribution in [3.05, 3.63) is 29.3 Å². The lowest BCUT2D eigenvalue weighted by atomic mass is 10.1. The van der Waals surface area contributed by atoms with Crippen molar-refractivity contribution in [2.45, 2.75) is 19.6 Å². The Labute approximate surface area is 106 Å². The van der Waals surface area contributed by atoms with Gasteiger partial charge in [0.1, 0.15) is 11.3 Å². The number of hydrogen-bond acceptors (Lipinski definition) is 4. The number of carboxylic acids is 1. The Bertz CT molecular complexity index is 402. The van der Waals surface area contributed by atoms with Gasteiger partial charge >= 0.3 is 5.97 Å². The average molecular weight is 254 g/mol. The van der Waals surface area contributed by atoms with Gasteiger partial charge in [0.15, 0.2) is 0 Å². The molecular formula is C13H18O5.